The van der Waals surface area contributed by atoms with Crippen molar-refractivity contribution in [2.24, 2.45) is 5.92 Å². The third-order valence-electron chi connectivity index (χ3n) is 3.89. The number of ether oxygens (including phenoxy) is 2. The summed E-state index contributed by atoms with van der Waals surface area (Å²) in [4.78, 5) is 0. The molecule has 0 unspecified atom stereocenters. The second-order valence-corrected chi connectivity index (χ2v) is 5.47. The Morgan fingerprint density at radius 3 is 3.00 bits per heavy atom. The standard InChI is InChI=1S/C14H18O3/c1-14(2)11-4-3-7-16-13(11)10-8-9(15)5-6-12(10)17-14/h5-6,8,11,13,15H,3-4,7H2,1-2H3/t11-,13+/m1/s1. The summed E-state index contributed by atoms with van der Waals surface area (Å²) >= 11 is 0. The van der Waals surface area contributed by atoms with Crippen molar-refractivity contribution in [1.29, 1.82) is 0 Å². The van der Waals surface area contributed by atoms with E-state index in [0.29, 0.717) is 5.92 Å². The van der Waals surface area contributed by atoms with Crippen molar-refractivity contribution in [3.63, 3.8) is 0 Å². The minimum absolute atomic E-state index is 0.0644. The Labute approximate surface area is 101 Å². The van der Waals surface area contributed by atoms with Crippen molar-refractivity contribution >= 4 is 0 Å². The Hall–Kier alpha value is -1.22. The van der Waals surface area contributed by atoms with Crippen LogP contribution >= 0.6 is 0 Å². The molecule has 0 saturated carbocycles. The summed E-state index contributed by atoms with van der Waals surface area (Å²) in [5, 5.41) is 9.60. The van der Waals surface area contributed by atoms with E-state index < -0.39 is 0 Å². The maximum Gasteiger partial charge on any atom is 0.126 e. The van der Waals surface area contributed by atoms with Crippen LogP contribution in [-0.2, 0) is 4.74 Å². The molecule has 0 bridgehead atoms. The third kappa shape index (κ3) is 1.69. The van der Waals surface area contributed by atoms with E-state index in [-0.39, 0.29) is 17.5 Å². The summed E-state index contributed by atoms with van der Waals surface area (Å²) in [7, 11) is 0. The molecule has 17 heavy (non-hydrogen) atoms. The molecule has 1 N–H and O–H groups in total. The van der Waals surface area contributed by atoms with Crippen LogP contribution in [0.25, 0.3) is 0 Å². The molecule has 1 fully saturated rings. The van der Waals surface area contributed by atoms with E-state index in [1.807, 2.05) is 6.07 Å². The van der Waals surface area contributed by atoms with Crippen molar-refractivity contribution < 1.29 is 14.6 Å². The van der Waals surface area contributed by atoms with E-state index in [1.54, 1.807) is 12.1 Å². The lowest BCUT2D eigenvalue weighted by atomic mass is 9.76. The Kier molecular flexibility index (Phi) is 2.33. The number of hydrogen-bond acceptors (Lipinski definition) is 3. The van der Waals surface area contributed by atoms with E-state index in [0.717, 1.165) is 30.8 Å². The van der Waals surface area contributed by atoms with E-state index in [4.69, 9.17) is 9.47 Å². The van der Waals surface area contributed by atoms with Gasteiger partial charge < -0.3 is 14.6 Å². The van der Waals surface area contributed by atoms with Crippen LogP contribution in [0.4, 0.5) is 0 Å². The van der Waals surface area contributed by atoms with Crippen LogP contribution in [0.2, 0.25) is 0 Å². The normalized spacial score (nSPS) is 30.0. The Balaban J connectivity index is 2.08. The van der Waals surface area contributed by atoms with Gasteiger partial charge in [-0.25, -0.2) is 0 Å². The summed E-state index contributed by atoms with van der Waals surface area (Å²) in [5.74, 6) is 1.49. The van der Waals surface area contributed by atoms with Crippen LogP contribution in [0.1, 0.15) is 38.4 Å². The third-order valence-corrected chi connectivity index (χ3v) is 3.89. The van der Waals surface area contributed by atoms with Crippen LogP contribution in [0, 0.1) is 5.92 Å². The molecule has 0 aromatic heterocycles. The molecule has 3 nitrogen and oxygen atoms in total. The summed E-state index contributed by atoms with van der Waals surface area (Å²) in [6.07, 6.45) is 2.27. The van der Waals surface area contributed by atoms with Gasteiger partial charge in [0.05, 0.1) is 6.10 Å². The highest BCUT2D eigenvalue weighted by atomic mass is 16.5. The maximum absolute atomic E-state index is 9.60. The first-order valence-electron chi connectivity index (χ1n) is 6.21. The van der Waals surface area contributed by atoms with Gasteiger partial charge in [-0.05, 0) is 44.9 Å². The number of phenols is 1. The number of phenolic OH excluding ortho intramolecular Hbond substituents is 1. The van der Waals surface area contributed by atoms with Crippen molar-refractivity contribution in [1.82, 2.24) is 0 Å². The zero-order chi connectivity index (χ0) is 12.0. The molecule has 92 valence electrons. The number of hydrogen-bond donors (Lipinski definition) is 1. The minimum atomic E-state index is -0.199. The first-order chi connectivity index (χ1) is 8.08. The smallest absolute Gasteiger partial charge is 0.126 e. The summed E-state index contributed by atoms with van der Waals surface area (Å²) in [5.41, 5.74) is 0.795. The van der Waals surface area contributed by atoms with Crippen molar-refractivity contribution in [2.45, 2.75) is 38.4 Å². The van der Waals surface area contributed by atoms with Crippen LogP contribution < -0.4 is 4.74 Å². The van der Waals surface area contributed by atoms with Gasteiger partial charge in [-0.1, -0.05) is 0 Å². The van der Waals surface area contributed by atoms with E-state index in [2.05, 4.69) is 13.8 Å². The number of benzene rings is 1. The molecule has 0 aliphatic carbocycles. The lowest BCUT2D eigenvalue weighted by molar-refractivity contribution is -0.116. The number of aromatic hydroxyl groups is 1. The predicted molar refractivity (Wildman–Crippen MR) is 64.2 cm³/mol. The van der Waals surface area contributed by atoms with Gasteiger partial charge in [0.25, 0.3) is 0 Å². The largest absolute Gasteiger partial charge is 0.508 e. The monoisotopic (exact) mass is 234 g/mol. The van der Waals surface area contributed by atoms with Gasteiger partial charge in [0.2, 0.25) is 0 Å². The molecule has 2 aliphatic heterocycles. The lowest BCUT2D eigenvalue weighted by Crippen LogP contribution is -2.46. The number of fused-ring (bicyclic) bond motifs is 3. The summed E-state index contributed by atoms with van der Waals surface area (Å²) < 4.78 is 12.0. The highest BCUT2D eigenvalue weighted by molar-refractivity contribution is 5.43. The first kappa shape index (κ1) is 10.9. The van der Waals surface area contributed by atoms with Gasteiger partial charge in [0.15, 0.2) is 0 Å². The second kappa shape index (κ2) is 3.64. The zero-order valence-corrected chi connectivity index (χ0v) is 10.3. The number of rotatable bonds is 0. The molecule has 1 saturated heterocycles. The van der Waals surface area contributed by atoms with Gasteiger partial charge in [0, 0.05) is 18.1 Å². The lowest BCUT2D eigenvalue weighted by Gasteiger charge is -2.46. The molecule has 2 atom stereocenters. The quantitative estimate of drug-likeness (QED) is 0.750. The molecule has 3 rings (SSSR count). The topological polar surface area (TPSA) is 38.7 Å². The average Bonchev–Trinajstić information content (AvgIpc) is 2.30. The molecule has 0 amide bonds. The maximum atomic E-state index is 9.60. The fourth-order valence-corrected chi connectivity index (χ4v) is 3.01. The fraction of sp³-hybridized carbons (Fsp3) is 0.571. The molecule has 0 radical (unpaired) electrons. The molecular weight excluding hydrogens is 216 g/mol. The Bertz CT molecular complexity index is 439. The van der Waals surface area contributed by atoms with Gasteiger partial charge in [0.1, 0.15) is 17.1 Å². The van der Waals surface area contributed by atoms with Gasteiger partial charge in [-0.15, -0.1) is 0 Å². The van der Waals surface area contributed by atoms with Crippen LogP contribution in [0.5, 0.6) is 11.5 Å². The minimum Gasteiger partial charge on any atom is -0.508 e. The van der Waals surface area contributed by atoms with Crippen LogP contribution in [-0.4, -0.2) is 17.3 Å². The molecule has 2 heterocycles. The summed E-state index contributed by atoms with van der Waals surface area (Å²) in [6, 6.07) is 5.27. The predicted octanol–water partition coefficient (Wildman–Crippen LogP) is 3.03. The van der Waals surface area contributed by atoms with Gasteiger partial charge >= 0.3 is 0 Å². The molecule has 2 aliphatic rings. The zero-order valence-electron chi connectivity index (χ0n) is 10.3. The first-order valence-corrected chi connectivity index (χ1v) is 6.21. The Morgan fingerprint density at radius 2 is 2.18 bits per heavy atom. The Morgan fingerprint density at radius 1 is 1.35 bits per heavy atom. The molecular formula is C14H18O3. The van der Waals surface area contributed by atoms with Gasteiger partial charge in [-0.3, -0.25) is 0 Å². The SMILES string of the molecule is CC1(C)Oc2ccc(O)cc2[C@@H]2OCCC[C@H]21. The van der Waals surface area contributed by atoms with Gasteiger partial charge in [-0.2, -0.15) is 0 Å². The van der Waals surface area contributed by atoms with Crippen molar-refractivity contribution in [3.05, 3.63) is 23.8 Å². The highest BCUT2D eigenvalue weighted by Gasteiger charge is 2.45. The van der Waals surface area contributed by atoms with E-state index in [9.17, 15) is 5.11 Å². The van der Waals surface area contributed by atoms with E-state index in [1.165, 1.54) is 0 Å². The molecule has 1 aromatic carbocycles. The highest BCUT2D eigenvalue weighted by Crippen LogP contribution is 2.49. The van der Waals surface area contributed by atoms with Crippen LogP contribution in [0.3, 0.4) is 0 Å². The molecule has 0 spiro atoms. The van der Waals surface area contributed by atoms with Crippen molar-refractivity contribution in [3.8, 4) is 11.5 Å². The van der Waals surface area contributed by atoms with Crippen LogP contribution in [0.15, 0.2) is 18.2 Å². The second-order valence-electron chi connectivity index (χ2n) is 5.47. The molecule has 1 aromatic rings. The van der Waals surface area contributed by atoms with E-state index >= 15 is 0 Å². The molecule has 3 heteroatoms. The fourth-order valence-electron chi connectivity index (χ4n) is 3.01. The average molecular weight is 234 g/mol. The van der Waals surface area contributed by atoms with Crippen molar-refractivity contribution in [2.75, 3.05) is 6.61 Å². The summed E-state index contributed by atoms with van der Waals surface area (Å²) in [6.45, 7) is 5.04.